The van der Waals surface area contributed by atoms with Crippen molar-refractivity contribution >= 4 is 11.9 Å². The number of aliphatic imine (C=N–C) groups is 1. The maximum atomic E-state index is 12.6. The molecule has 1 amide bonds. The van der Waals surface area contributed by atoms with Gasteiger partial charge < -0.3 is 15.5 Å². The van der Waals surface area contributed by atoms with Crippen LogP contribution >= 0.6 is 0 Å². The van der Waals surface area contributed by atoms with Crippen LogP contribution in [0.2, 0.25) is 0 Å². The molecule has 1 atom stereocenters. The van der Waals surface area contributed by atoms with Crippen molar-refractivity contribution in [2.24, 2.45) is 10.9 Å². The molecule has 1 unspecified atom stereocenters. The average molecular weight is 361 g/mol. The zero-order chi connectivity index (χ0) is 18.2. The Morgan fingerprint density at radius 3 is 2.88 bits per heavy atom. The topological polar surface area (TPSA) is 74.6 Å². The van der Waals surface area contributed by atoms with Gasteiger partial charge in [0.1, 0.15) is 0 Å². The predicted molar refractivity (Wildman–Crippen MR) is 103 cm³/mol. The van der Waals surface area contributed by atoms with E-state index in [0.717, 1.165) is 64.4 Å². The van der Waals surface area contributed by atoms with Gasteiger partial charge in [-0.25, -0.2) is 0 Å². The number of hydrogen-bond acceptors (Lipinski definition) is 3. The summed E-state index contributed by atoms with van der Waals surface area (Å²) in [5, 5.41) is 11.0. The first-order chi connectivity index (χ1) is 12.8. The molecule has 0 radical (unpaired) electrons. The first-order valence-electron chi connectivity index (χ1n) is 10.1. The Kier molecular flexibility index (Phi) is 6.91. The molecule has 2 heterocycles. The molecular weight excluding hydrogens is 328 g/mol. The summed E-state index contributed by atoms with van der Waals surface area (Å²) < 4.78 is 1.93. The molecule has 7 nitrogen and oxygen atoms in total. The second-order valence-electron chi connectivity index (χ2n) is 7.28. The molecule has 1 saturated carbocycles. The number of aryl methyl sites for hydroxylation is 1. The summed E-state index contributed by atoms with van der Waals surface area (Å²) in [7, 11) is 0. The van der Waals surface area contributed by atoms with Gasteiger partial charge in [0.15, 0.2) is 5.96 Å². The number of likely N-dealkylation sites (tertiary alicyclic amines) is 1. The van der Waals surface area contributed by atoms with Crippen molar-refractivity contribution in [2.45, 2.75) is 58.0 Å². The fourth-order valence-electron chi connectivity index (χ4n) is 3.88. The molecule has 144 valence electrons. The summed E-state index contributed by atoms with van der Waals surface area (Å²) in [6.45, 7) is 6.21. The van der Waals surface area contributed by atoms with E-state index in [9.17, 15) is 4.79 Å². The Labute approximate surface area is 156 Å². The Morgan fingerprint density at radius 2 is 2.15 bits per heavy atom. The van der Waals surface area contributed by atoms with Crippen LogP contribution in [0.3, 0.4) is 0 Å². The summed E-state index contributed by atoms with van der Waals surface area (Å²) in [4.78, 5) is 19.3. The molecule has 0 bridgehead atoms. The second kappa shape index (κ2) is 9.59. The molecule has 1 saturated heterocycles. The molecule has 26 heavy (non-hydrogen) atoms. The van der Waals surface area contributed by atoms with Crippen LogP contribution in [0, 0.1) is 5.92 Å². The van der Waals surface area contributed by atoms with Crippen LogP contribution in [-0.2, 0) is 11.3 Å². The lowest BCUT2D eigenvalue weighted by Gasteiger charge is -2.21. The largest absolute Gasteiger partial charge is 0.357 e. The third kappa shape index (κ3) is 5.22. The number of amides is 1. The first kappa shape index (κ1) is 18.7. The lowest BCUT2D eigenvalue weighted by atomic mass is 10.1. The van der Waals surface area contributed by atoms with E-state index in [-0.39, 0.29) is 5.92 Å². The molecule has 2 aliphatic rings. The van der Waals surface area contributed by atoms with E-state index < -0.39 is 0 Å². The highest BCUT2D eigenvalue weighted by Crippen LogP contribution is 2.27. The van der Waals surface area contributed by atoms with Crippen molar-refractivity contribution in [3.63, 3.8) is 0 Å². The molecule has 3 rings (SSSR count). The van der Waals surface area contributed by atoms with Gasteiger partial charge in [-0.1, -0.05) is 12.8 Å². The van der Waals surface area contributed by atoms with Crippen molar-refractivity contribution in [3.05, 3.63) is 18.5 Å². The van der Waals surface area contributed by atoms with Crippen molar-refractivity contribution in [3.8, 4) is 0 Å². The summed E-state index contributed by atoms with van der Waals surface area (Å²) in [6, 6.07) is 2.23. The minimum atomic E-state index is 0.276. The first-order valence-corrected chi connectivity index (χ1v) is 10.1. The number of carbonyl (C=O) groups is 1. The minimum Gasteiger partial charge on any atom is -0.357 e. The van der Waals surface area contributed by atoms with E-state index in [1.165, 1.54) is 12.8 Å². The average Bonchev–Trinajstić information content (AvgIpc) is 3.41. The van der Waals surface area contributed by atoms with Crippen LogP contribution in [0.1, 0.15) is 45.4 Å². The lowest BCUT2D eigenvalue weighted by Crippen LogP contribution is -2.45. The highest BCUT2D eigenvalue weighted by atomic mass is 16.2. The van der Waals surface area contributed by atoms with E-state index in [4.69, 9.17) is 0 Å². The SMILES string of the molecule is CCNC(=NCCCn1cccn1)NC1CCN(C(=O)C2CCCC2)C1. The molecule has 1 aromatic heterocycles. The molecule has 1 aliphatic heterocycles. The van der Waals surface area contributed by atoms with Gasteiger partial charge in [0.2, 0.25) is 5.91 Å². The fraction of sp³-hybridized carbons (Fsp3) is 0.737. The van der Waals surface area contributed by atoms with Gasteiger partial charge in [0.25, 0.3) is 0 Å². The van der Waals surface area contributed by atoms with Gasteiger partial charge in [-0.2, -0.15) is 5.10 Å². The van der Waals surface area contributed by atoms with Crippen molar-refractivity contribution in [1.29, 1.82) is 0 Å². The smallest absolute Gasteiger partial charge is 0.225 e. The number of nitrogens with zero attached hydrogens (tertiary/aromatic N) is 4. The van der Waals surface area contributed by atoms with Gasteiger partial charge in [-0.05, 0) is 38.7 Å². The Bertz CT molecular complexity index is 579. The van der Waals surface area contributed by atoms with Gasteiger partial charge in [-0.15, -0.1) is 0 Å². The van der Waals surface area contributed by atoms with Crippen molar-refractivity contribution in [1.82, 2.24) is 25.3 Å². The summed E-state index contributed by atoms with van der Waals surface area (Å²) >= 11 is 0. The monoisotopic (exact) mass is 360 g/mol. The third-order valence-electron chi connectivity index (χ3n) is 5.26. The van der Waals surface area contributed by atoms with Crippen LogP contribution < -0.4 is 10.6 Å². The quantitative estimate of drug-likeness (QED) is 0.440. The van der Waals surface area contributed by atoms with Gasteiger partial charge in [-0.3, -0.25) is 14.5 Å². The lowest BCUT2D eigenvalue weighted by molar-refractivity contribution is -0.134. The maximum Gasteiger partial charge on any atom is 0.225 e. The number of carbonyl (C=O) groups excluding carboxylic acids is 1. The zero-order valence-electron chi connectivity index (χ0n) is 15.9. The molecule has 1 aromatic rings. The second-order valence-corrected chi connectivity index (χ2v) is 7.28. The van der Waals surface area contributed by atoms with E-state index in [1.54, 1.807) is 6.20 Å². The van der Waals surface area contributed by atoms with Crippen LogP contribution in [0.25, 0.3) is 0 Å². The van der Waals surface area contributed by atoms with Crippen molar-refractivity contribution in [2.75, 3.05) is 26.2 Å². The summed E-state index contributed by atoms with van der Waals surface area (Å²) in [5.74, 6) is 1.50. The number of nitrogens with one attached hydrogen (secondary N) is 2. The summed E-state index contributed by atoms with van der Waals surface area (Å²) in [6.07, 6.45) is 10.3. The molecule has 2 fully saturated rings. The fourth-order valence-corrected chi connectivity index (χ4v) is 3.88. The van der Waals surface area contributed by atoms with Gasteiger partial charge in [0.05, 0.1) is 0 Å². The van der Waals surface area contributed by atoms with E-state index >= 15 is 0 Å². The molecule has 1 aliphatic carbocycles. The maximum absolute atomic E-state index is 12.6. The van der Waals surface area contributed by atoms with Gasteiger partial charge in [0, 0.05) is 57.1 Å². The standard InChI is InChI=1S/C19H32N6O/c1-2-20-19(21-10-5-12-25-13-6-11-22-25)23-17-9-14-24(15-17)18(26)16-7-3-4-8-16/h6,11,13,16-17H,2-5,7-10,12,14-15H2,1H3,(H2,20,21,23). The Balaban J connectivity index is 1.43. The zero-order valence-corrected chi connectivity index (χ0v) is 15.9. The number of hydrogen-bond donors (Lipinski definition) is 2. The van der Waals surface area contributed by atoms with E-state index in [1.807, 2.05) is 16.9 Å². The van der Waals surface area contributed by atoms with Crippen LogP contribution in [0.5, 0.6) is 0 Å². The van der Waals surface area contributed by atoms with Crippen LogP contribution in [0.15, 0.2) is 23.5 Å². The Morgan fingerprint density at radius 1 is 1.31 bits per heavy atom. The Hall–Kier alpha value is -2.05. The summed E-state index contributed by atoms with van der Waals surface area (Å²) in [5.41, 5.74) is 0. The van der Waals surface area contributed by atoms with Crippen LogP contribution in [0.4, 0.5) is 0 Å². The number of aromatic nitrogens is 2. The molecule has 0 spiro atoms. The number of guanidine groups is 1. The van der Waals surface area contributed by atoms with E-state index in [2.05, 4.69) is 32.5 Å². The minimum absolute atomic E-state index is 0.276. The molecule has 7 heteroatoms. The van der Waals surface area contributed by atoms with Crippen molar-refractivity contribution < 1.29 is 4.79 Å². The molecular formula is C19H32N6O. The number of rotatable bonds is 7. The predicted octanol–water partition coefficient (Wildman–Crippen LogP) is 1.62. The van der Waals surface area contributed by atoms with Crippen LogP contribution in [-0.4, -0.2) is 58.8 Å². The molecule has 0 aromatic carbocycles. The van der Waals surface area contributed by atoms with E-state index in [0.29, 0.717) is 11.9 Å². The third-order valence-corrected chi connectivity index (χ3v) is 5.26. The molecule has 2 N–H and O–H groups in total. The highest BCUT2D eigenvalue weighted by Gasteiger charge is 2.32. The normalized spacial score (nSPS) is 21.3. The highest BCUT2D eigenvalue weighted by molar-refractivity contribution is 5.81. The van der Waals surface area contributed by atoms with Gasteiger partial charge >= 0.3 is 0 Å².